The summed E-state index contributed by atoms with van der Waals surface area (Å²) in [6.45, 7) is 0.0358. The Kier molecular flexibility index (Phi) is 3.10. The van der Waals surface area contributed by atoms with Gasteiger partial charge in [-0.3, -0.25) is 10.2 Å². The molecule has 1 rings (SSSR count). The van der Waals surface area contributed by atoms with Crippen LogP contribution < -0.4 is 16.6 Å². The lowest BCUT2D eigenvalue weighted by atomic mass is 10.3. The monoisotopic (exact) mass is 181 g/mol. The Hall–Kier alpha value is -1.75. The molecule has 0 aliphatic rings. The SMILES string of the molecule is NNC(=O)CNc1ccccc1O. The van der Waals surface area contributed by atoms with Gasteiger partial charge >= 0.3 is 0 Å². The lowest BCUT2D eigenvalue weighted by Crippen LogP contribution is -2.35. The first-order chi connectivity index (χ1) is 6.24. The summed E-state index contributed by atoms with van der Waals surface area (Å²) in [5.41, 5.74) is 2.48. The zero-order chi connectivity index (χ0) is 9.68. The average molecular weight is 181 g/mol. The zero-order valence-electron chi connectivity index (χ0n) is 6.95. The molecule has 13 heavy (non-hydrogen) atoms. The number of hydrazine groups is 1. The molecule has 0 fully saturated rings. The van der Waals surface area contributed by atoms with E-state index in [0.29, 0.717) is 5.69 Å². The number of para-hydroxylation sites is 2. The van der Waals surface area contributed by atoms with Gasteiger partial charge in [-0.1, -0.05) is 12.1 Å². The third kappa shape index (κ3) is 2.64. The third-order valence-electron chi connectivity index (χ3n) is 1.50. The van der Waals surface area contributed by atoms with E-state index >= 15 is 0 Å². The number of phenolic OH excluding ortho intramolecular Hbond substituents is 1. The topological polar surface area (TPSA) is 87.4 Å². The number of amides is 1. The standard InChI is InChI=1S/C8H11N3O2/c9-11-8(13)5-10-6-3-1-2-4-7(6)12/h1-4,10,12H,5,9H2,(H,11,13). The second-order valence-corrected chi connectivity index (χ2v) is 2.44. The van der Waals surface area contributed by atoms with Gasteiger partial charge in [0, 0.05) is 0 Å². The van der Waals surface area contributed by atoms with Gasteiger partial charge in [0.05, 0.1) is 12.2 Å². The summed E-state index contributed by atoms with van der Waals surface area (Å²) < 4.78 is 0. The van der Waals surface area contributed by atoms with Gasteiger partial charge in [0.25, 0.3) is 5.91 Å². The van der Waals surface area contributed by atoms with E-state index in [1.807, 2.05) is 5.43 Å². The van der Waals surface area contributed by atoms with Gasteiger partial charge in [-0.2, -0.15) is 0 Å². The summed E-state index contributed by atoms with van der Waals surface area (Å²) in [5.74, 6) is 4.63. The highest BCUT2D eigenvalue weighted by Gasteiger charge is 2.00. The molecule has 1 aromatic rings. The van der Waals surface area contributed by atoms with Crippen molar-refractivity contribution in [3.05, 3.63) is 24.3 Å². The van der Waals surface area contributed by atoms with Crippen molar-refractivity contribution in [2.24, 2.45) is 5.84 Å². The molecule has 5 N–H and O–H groups in total. The Bertz CT molecular complexity index is 301. The minimum atomic E-state index is -0.344. The number of nitrogens with one attached hydrogen (secondary N) is 2. The lowest BCUT2D eigenvalue weighted by molar-refractivity contribution is -0.119. The van der Waals surface area contributed by atoms with Crippen molar-refractivity contribution >= 4 is 11.6 Å². The van der Waals surface area contributed by atoms with E-state index in [0.717, 1.165) is 0 Å². The zero-order valence-corrected chi connectivity index (χ0v) is 6.95. The van der Waals surface area contributed by atoms with Gasteiger partial charge in [0.15, 0.2) is 0 Å². The molecule has 0 atom stereocenters. The largest absolute Gasteiger partial charge is 0.506 e. The Labute approximate surface area is 75.5 Å². The van der Waals surface area contributed by atoms with Gasteiger partial charge in [-0.25, -0.2) is 5.84 Å². The molecule has 0 spiro atoms. The number of aromatic hydroxyl groups is 1. The van der Waals surface area contributed by atoms with Crippen LogP contribution in [0.25, 0.3) is 0 Å². The fourth-order valence-electron chi connectivity index (χ4n) is 0.850. The van der Waals surface area contributed by atoms with Gasteiger partial charge < -0.3 is 10.4 Å². The van der Waals surface area contributed by atoms with Crippen molar-refractivity contribution in [1.82, 2.24) is 5.43 Å². The van der Waals surface area contributed by atoms with E-state index in [1.54, 1.807) is 18.2 Å². The first-order valence-corrected chi connectivity index (χ1v) is 3.75. The highest BCUT2D eigenvalue weighted by Crippen LogP contribution is 2.20. The number of hydrogen-bond acceptors (Lipinski definition) is 4. The predicted molar refractivity (Wildman–Crippen MR) is 48.9 cm³/mol. The summed E-state index contributed by atoms with van der Waals surface area (Å²) in [6.07, 6.45) is 0. The Morgan fingerprint density at radius 1 is 1.46 bits per heavy atom. The summed E-state index contributed by atoms with van der Waals surface area (Å²) >= 11 is 0. The number of carbonyl (C=O) groups excluding carboxylic acids is 1. The summed E-state index contributed by atoms with van der Waals surface area (Å²) in [7, 11) is 0. The van der Waals surface area contributed by atoms with Crippen molar-refractivity contribution in [3.8, 4) is 5.75 Å². The normalized spacial score (nSPS) is 9.31. The molecule has 0 unspecified atom stereocenters. The van der Waals surface area contributed by atoms with Gasteiger partial charge in [-0.05, 0) is 12.1 Å². The van der Waals surface area contributed by atoms with Crippen LogP contribution in [0.1, 0.15) is 0 Å². The summed E-state index contributed by atoms with van der Waals surface area (Å²) in [4.78, 5) is 10.7. The predicted octanol–water partition coefficient (Wildman–Crippen LogP) is -0.206. The van der Waals surface area contributed by atoms with Crippen LogP contribution >= 0.6 is 0 Å². The number of carbonyl (C=O) groups is 1. The first kappa shape index (κ1) is 9.34. The maximum absolute atomic E-state index is 10.7. The molecule has 70 valence electrons. The van der Waals surface area contributed by atoms with Crippen LogP contribution in [-0.4, -0.2) is 17.6 Å². The average Bonchev–Trinajstić information content (AvgIpc) is 2.16. The first-order valence-electron chi connectivity index (χ1n) is 3.75. The molecule has 0 aliphatic carbocycles. The molecule has 0 saturated carbocycles. The Morgan fingerprint density at radius 3 is 2.77 bits per heavy atom. The van der Waals surface area contributed by atoms with Gasteiger partial charge in [0.2, 0.25) is 0 Å². The van der Waals surface area contributed by atoms with Crippen molar-refractivity contribution in [3.63, 3.8) is 0 Å². The number of nitrogens with two attached hydrogens (primary N) is 1. The quantitative estimate of drug-likeness (QED) is 0.225. The van der Waals surface area contributed by atoms with E-state index in [1.165, 1.54) is 6.07 Å². The molecule has 5 heteroatoms. The minimum absolute atomic E-state index is 0.0358. The lowest BCUT2D eigenvalue weighted by Gasteiger charge is -2.06. The molecule has 0 aromatic heterocycles. The van der Waals surface area contributed by atoms with Crippen LogP contribution in [0.5, 0.6) is 5.75 Å². The van der Waals surface area contributed by atoms with E-state index in [4.69, 9.17) is 5.84 Å². The fourth-order valence-corrected chi connectivity index (χ4v) is 0.850. The van der Waals surface area contributed by atoms with Gasteiger partial charge in [0.1, 0.15) is 5.75 Å². The summed E-state index contributed by atoms with van der Waals surface area (Å²) in [6, 6.07) is 6.65. The molecule has 1 aromatic carbocycles. The number of phenols is 1. The van der Waals surface area contributed by atoms with Crippen LogP contribution in [0.3, 0.4) is 0 Å². The molecule has 0 heterocycles. The maximum Gasteiger partial charge on any atom is 0.253 e. The highest BCUT2D eigenvalue weighted by molar-refractivity contribution is 5.80. The van der Waals surface area contributed by atoms with Crippen LogP contribution in [0.2, 0.25) is 0 Å². The molecule has 0 radical (unpaired) electrons. The van der Waals surface area contributed by atoms with Gasteiger partial charge in [-0.15, -0.1) is 0 Å². The van der Waals surface area contributed by atoms with E-state index < -0.39 is 0 Å². The number of hydrogen-bond donors (Lipinski definition) is 4. The smallest absolute Gasteiger partial charge is 0.253 e. The maximum atomic E-state index is 10.7. The molecule has 0 saturated heterocycles. The van der Waals surface area contributed by atoms with Crippen molar-refractivity contribution in [1.29, 1.82) is 0 Å². The highest BCUT2D eigenvalue weighted by atomic mass is 16.3. The van der Waals surface area contributed by atoms with Crippen LogP contribution in [-0.2, 0) is 4.79 Å². The fraction of sp³-hybridized carbons (Fsp3) is 0.125. The third-order valence-corrected chi connectivity index (χ3v) is 1.50. The van der Waals surface area contributed by atoms with E-state index in [-0.39, 0.29) is 18.2 Å². The Morgan fingerprint density at radius 2 is 2.15 bits per heavy atom. The molecule has 0 aliphatic heterocycles. The molecule has 5 nitrogen and oxygen atoms in total. The van der Waals surface area contributed by atoms with Crippen LogP contribution in [0.4, 0.5) is 5.69 Å². The van der Waals surface area contributed by atoms with Crippen molar-refractivity contribution in [2.75, 3.05) is 11.9 Å². The van der Waals surface area contributed by atoms with E-state index in [9.17, 15) is 9.90 Å². The second-order valence-electron chi connectivity index (χ2n) is 2.44. The summed E-state index contributed by atoms with van der Waals surface area (Å²) in [5, 5.41) is 12.0. The van der Waals surface area contributed by atoms with Crippen molar-refractivity contribution in [2.45, 2.75) is 0 Å². The number of benzene rings is 1. The second kappa shape index (κ2) is 4.32. The van der Waals surface area contributed by atoms with E-state index in [2.05, 4.69) is 5.32 Å². The minimum Gasteiger partial charge on any atom is -0.506 e. The molecular formula is C8H11N3O2. The van der Waals surface area contributed by atoms with Crippen LogP contribution in [0, 0.1) is 0 Å². The van der Waals surface area contributed by atoms with Crippen molar-refractivity contribution < 1.29 is 9.90 Å². The number of rotatable bonds is 3. The van der Waals surface area contributed by atoms with Crippen LogP contribution in [0.15, 0.2) is 24.3 Å². The molecule has 1 amide bonds. The molecule has 0 bridgehead atoms. The number of anilines is 1. The molecular weight excluding hydrogens is 170 g/mol. The Balaban J connectivity index is 2.54.